The van der Waals surface area contributed by atoms with E-state index in [4.69, 9.17) is 14.2 Å². The molecular formula is C19H18N2O5. The quantitative estimate of drug-likeness (QED) is 0.331. The average Bonchev–Trinajstić information content (AvgIpc) is 2.67. The number of benzene rings is 2. The largest absolute Gasteiger partial charge is 0.491 e. The van der Waals surface area contributed by atoms with Gasteiger partial charge in [-0.2, -0.15) is 0 Å². The summed E-state index contributed by atoms with van der Waals surface area (Å²) in [6.07, 6.45) is 1.74. The van der Waals surface area contributed by atoms with Crippen molar-refractivity contribution in [2.24, 2.45) is 0 Å². The number of ether oxygens (including phenoxy) is 3. The molecule has 0 amide bonds. The van der Waals surface area contributed by atoms with Gasteiger partial charge < -0.3 is 14.2 Å². The third kappa shape index (κ3) is 4.67. The highest BCUT2D eigenvalue weighted by Crippen LogP contribution is 2.22. The minimum atomic E-state index is -0.446. The second-order valence-corrected chi connectivity index (χ2v) is 5.39. The fraction of sp³-hybridized carbons (Fsp3) is 0.211. The van der Waals surface area contributed by atoms with Crippen LogP contribution in [0.15, 0.2) is 60.8 Å². The molecule has 0 fully saturated rings. The van der Waals surface area contributed by atoms with Gasteiger partial charge >= 0.3 is 0 Å². The first kappa shape index (κ1) is 17.6. The predicted molar refractivity (Wildman–Crippen MR) is 96.6 cm³/mol. The van der Waals surface area contributed by atoms with Crippen molar-refractivity contribution in [3.63, 3.8) is 0 Å². The molecule has 0 aliphatic heterocycles. The molecule has 1 heterocycles. The van der Waals surface area contributed by atoms with Crippen molar-refractivity contribution in [2.45, 2.75) is 0 Å². The molecule has 0 saturated carbocycles. The van der Waals surface area contributed by atoms with Gasteiger partial charge in [-0.1, -0.05) is 18.2 Å². The third-order valence-electron chi connectivity index (χ3n) is 3.62. The fourth-order valence-corrected chi connectivity index (χ4v) is 2.39. The lowest BCUT2D eigenvalue weighted by molar-refractivity contribution is -0.384. The molecule has 3 aromatic rings. The minimum Gasteiger partial charge on any atom is -0.491 e. The number of nitro groups is 1. The van der Waals surface area contributed by atoms with E-state index in [9.17, 15) is 10.1 Å². The van der Waals surface area contributed by atoms with Crippen LogP contribution < -0.4 is 9.47 Å². The first-order valence-corrected chi connectivity index (χ1v) is 8.15. The van der Waals surface area contributed by atoms with E-state index in [1.165, 1.54) is 12.1 Å². The molecule has 7 heteroatoms. The Balaban J connectivity index is 1.35. The van der Waals surface area contributed by atoms with E-state index in [2.05, 4.69) is 4.98 Å². The number of non-ortho nitro benzene ring substituents is 1. The molecular weight excluding hydrogens is 336 g/mol. The summed E-state index contributed by atoms with van der Waals surface area (Å²) in [6.45, 7) is 1.59. The third-order valence-corrected chi connectivity index (χ3v) is 3.62. The maximum atomic E-state index is 10.6. The fourth-order valence-electron chi connectivity index (χ4n) is 2.39. The number of pyridine rings is 1. The Morgan fingerprint density at radius 2 is 1.62 bits per heavy atom. The van der Waals surface area contributed by atoms with Gasteiger partial charge in [-0.3, -0.25) is 15.1 Å². The zero-order valence-corrected chi connectivity index (χ0v) is 14.0. The Hall–Kier alpha value is -3.19. The highest BCUT2D eigenvalue weighted by Gasteiger charge is 2.04. The van der Waals surface area contributed by atoms with Gasteiger partial charge in [0.2, 0.25) is 0 Å². The van der Waals surface area contributed by atoms with Gasteiger partial charge in [0.25, 0.3) is 5.69 Å². The van der Waals surface area contributed by atoms with Gasteiger partial charge in [-0.15, -0.1) is 0 Å². The smallest absolute Gasteiger partial charge is 0.269 e. The number of rotatable bonds is 9. The highest BCUT2D eigenvalue weighted by atomic mass is 16.6. The van der Waals surface area contributed by atoms with Crippen LogP contribution >= 0.6 is 0 Å². The molecule has 0 spiro atoms. The average molecular weight is 354 g/mol. The van der Waals surface area contributed by atoms with Crippen molar-refractivity contribution in [1.82, 2.24) is 4.98 Å². The summed E-state index contributed by atoms with van der Waals surface area (Å²) < 4.78 is 16.7. The number of nitro benzene ring substituents is 1. The van der Waals surface area contributed by atoms with Crippen LogP contribution in [0, 0.1) is 10.1 Å². The van der Waals surface area contributed by atoms with Gasteiger partial charge in [-0.05, 0) is 24.3 Å². The summed E-state index contributed by atoms with van der Waals surface area (Å²) in [7, 11) is 0. The molecule has 3 rings (SSSR count). The highest BCUT2D eigenvalue weighted by molar-refractivity contribution is 5.84. The van der Waals surface area contributed by atoms with E-state index in [-0.39, 0.29) is 5.69 Å². The molecule has 0 aliphatic carbocycles. The van der Waals surface area contributed by atoms with Crippen LogP contribution in [0.2, 0.25) is 0 Å². The van der Waals surface area contributed by atoms with E-state index in [1.54, 1.807) is 18.3 Å². The van der Waals surface area contributed by atoms with Crippen LogP contribution in [-0.2, 0) is 4.74 Å². The number of hydrogen-bond donors (Lipinski definition) is 0. The maximum Gasteiger partial charge on any atom is 0.269 e. The topological polar surface area (TPSA) is 83.7 Å². The van der Waals surface area contributed by atoms with Crippen molar-refractivity contribution in [2.75, 3.05) is 26.4 Å². The molecule has 0 bridgehead atoms. The van der Waals surface area contributed by atoms with Gasteiger partial charge in [0.05, 0.1) is 18.1 Å². The molecule has 26 heavy (non-hydrogen) atoms. The second-order valence-electron chi connectivity index (χ2n) is 5.39. The van der Waals surface area contributed by atoms with E-state index in [1.807, 2.05) is 30.3 Å². The molecule has 0 unspecified atom stereocenters. The van der Waals surface area contributed by atoms with E-state index >= 15 is 0 Å². The van der Waals surface area contributed by atoms with Crippen LogP contribution in [0.25, 0.3) is 10.9 Å². The van der Waals surface area contributed by atoms with E-state index < -0.39 is 4.92 Å². The SMILES string of the molecule is O=[N+]([O-])c1ccc(OCCOCCOc2cccc3cccnc23)cc1. The molecule has 2 aromatic carbocycles. The number of nitrogens with zero attached hydrogens (tertiary/aromatic N) is 2. The zero-order chi connectivity index (χ0) is 18.2. The summed E-state index contributed by atoms with van der Waals surface area (Å²) >= 11 is 0. The minimum absolute atomic E-state index is 0.0358. The molecule has 1 aromatic heterocycles. The standard InChI is InChI=1S/C19H18N2O5/c22-21(23)16-6-8-17(9-7-16)25-13-11-24-12-14-26-18-5-1-3-15-4-2-10-20-19(15)18/h1-10H,11-14H2. The predicted octanol–water partition coefficient (Wildman–Crippen LogP) is 3.62. The molecule has 0 N–H and O–H groups in total. The van der Waals surface area contributed by atoms with Crippen LogP contribution in [-0.4, -0.2) is 36.3 Å². The molecule has 134 valence electrons. The van der Waals surface area contributed by atoms with Gasteiger partial charge in [0.1, 0.15) is 30.2 Å². The van der Waals surface area contributed by atoms with Crippen molar-refractivity contribution >= 4 is 16.6 Å². The summed E-state index contributed by atoms with van der Waals surface area (Å²) in [5, 5.41) is 11.6. The van der Waals surface area contributed by atoms with Gasteiger partial charge in [-0.25, -0.2) is 0 Å². The molecule has 0 atom stereocenters. The zero-order valence-electron chi connectivity index (χ0n) is 14.0. The molecule has 0 radical (unpaired) electrons. The van der Waals surface area contributed by atoms with Crippen LogP contribution in [0.5, 0.6) is 11.5 Å². The normalized spacial score (nSPS) is 10.6. The number of hydrogen-bond acceptors (Lipinski definition) is 6. The Labute approximate surface area is 150 Å². The Kier molecular flexibility index (Phi) is 5.95. The lowest BCUT2D eigenvalue weighted by atomic mass is 10.2. The van der Waals surface area contributed by atoms with E-state index in [0.717, 1.165) is 16.7 Å². The monoisotopic (exact) mass is 354 g/mol. The number of aromatic nitrogens is 1. The first-order chi connectivity index (χ1) is 12.7. The lowest BCUT2D eigenvalue weighted by Crippen LogP contribution is -2.12. The van der Waals surface area contributed by atoms with Crippen LogP contribution in [0.3, 0.4) is 0 Å². The summed E-state index contributed by atoms with van der Waals surface area (Å²) in [5.41, 5.74) is 0.866. The molecule has 7 nitrogen and oxygen atoms in total. The summed E-state index contributed by atoms with van der Waals surface area (Å²) in [5.74, 6) is 1.30. The Bertz CT molecular complexity index is 862. The second kappa shape index (κ2) is 8.77. The summed E-state index contributed by atoms with van der Waals surface area (Å²) in [4.78, 5) is 14.5. The first-order valence-electron chi connectivity index (χ1n) is 8.15. The van der Waals surface area contributed by atoms with Gasteiger partial charge in [0.15, 0.2) is 0 Å². The molecule has 0 saturated heterocycles. The van der Waals surface area contributed by atoms with Crippen LogP contribution in [0.4, 0.5) is 5.69 Å². The van der Waals surface area contributed by atoms with Crippen molar-refractivity contribution < 1.29 is 19.1 Å². The molecule has 0 aliphatic rings. The Morgan fingerprint density at radius 1 is 0.885 bits per heavy atom. The number of para-hydroxylation sites is 1. The van der Waals surface area contributed by atoms with Crippen molar-refractivity contribution in [1.29, 1.82) is 0 Å². The van der Waals surface area contributed by atoms with Crippen LogP contribution in [0.1, 0.15) is 0 Å². The van der Waals surface area contributed by atoms with E-state index in [0.29, 0.717) is 32.2 Å². The van der Waals surface area contributed by atoms with Crippen molar-refractivity contribution in [3.05, 3.63) is 70.9 Å². The maximum absolute atomic E-state index is 10.6. The van der Waals surface area contributed by atoms with Gasteiger partial charge in [0, 0.05) is 23.7 Å². The Morgan fingerprint density at radius 3 is 2.38 bits per heavy atom. The lowest BCUT2D eigenvalue weighted by Gasteiger charge is -2.10. The van der Waals surface area contributed by atoms with Crippen molar-refractivity contribution in [3.8, 4) is 11.5 Å². The summed E-state index contributed by atoms with van der Waals surface area (Å²) in [6, 6.07) is 15.6. The number of fused-ring (bicyclic) bond motifs is 1.